The largest absolute Gasteiger partial charge is 0.330 e. The normalized spacial score (nSPS) is 24.7. The molecule has 2 atom stereocenters. The second kappa shape index (κ2) is 6.69. The molecule has 1 aliphatic carbocycles. The van der Waals surface area contributed by atoms with Crippen molar-refractivity contribution in [1.82, 2.24) is 4.90 Å². The molecule has 0 aromatic carbocycles. The Hall–Kier alpha value is -0.380. The summed E-state index contributed by atoms with van der Waals surface area (Å²) in [5, 5.41) is 2.21. The lowest BCUT2D eigenvalue weighted by atomic mass is 9.83. The molecule has 0 amide bonds. The molecule has 2 unspecified atom stereocenters. The summed E-state index contributed by atoms with van der Waals surface area (Å²) < 4.78 is 0. The molecule has 0 saturated heterocycles. The molecule has 1 aromatic rings. The van der Waals surface area contributed by atoms with Gasteiger partial charge in [-0.1, -0.05) is 19.8 Å². The Bertz CT molecular complexity index is 361. The third-order valence-corrected chi connectivity index (χ3v) is 5.37. The summed E-state index contributed by atoms with van der Waals surface area (Å²) in [4.78, 5) is 4.17. The van der Waals surface area contributed by atoms with Crippen LogP contribution in [0, 0.1) is 12.8 Å². The summed E-state index contributed by atoms with van der Waals surface area (Å²) in [5.41, 5.74) is 7.41. The summed E-state index contributed by atoms with van der Waals surface area (Å²) in [7, 11) is 0. The summed E-state index contributed by atoms with van der Waals surface area (Å²) >= 11 is 1.89. The van der Waals surface area contributed by atoms with Crippen molar-refractivity contribution in [3.05, 3.63) is 21.9 Å². The average Bonchev–Trinajstić information content (AvgIpc) is 2.81. The van der Waals surface area contributed by atoms with E-state index in [2.05, 4.69) is 30.2 Å². The smallest absolute Gasteiger partial charge is 0.0333 e. The van der Waals surface area contributed by atoms with Crippen LogP contribution in [0.15, 0.2) is 11.4 Å². The van der Waals surface area contributed by atoms with Gasteiger partial charge < -0.3 is 5.73 Å². The van der Waals surface area contributed by atoms with Gasteiger partial charge in [0.05, 0.1) is 0 Å². The maximum absolute atomic E-state index is 5.97. The van der Waals surface area contributed by atoms with Crippen LogP contribution in [-0.4, -0.2) is 24.0 Å². The summed E-state index contributed by atoms with van der Waals surface area (Å²) in [6.45, 7) is 7.61. The number of hydrogen-bond donors (Lipinski definition) is 1. The van der Waals surface area contributed by atoms with E-state index >= 15 is 0 Å². The SMILES string of the molecule is CCN(Cc1sccc1C)C1CCCCC1CN. The van der Waals surface area contributed by atoms with Gasteiger partial charge in [-0.25, -0.2) is 0 Å². The van der Waals surface area contributed by atoms with E-state index in [0.717, 1.165) is 19.6 Å². The maximum Gasteiger partial charge on any atom is 0.0333 e. The molecular weight excluding hydrogens is 240 g/mol. The molecule has 18 heavy (non-hydrogen) atoms. The van der Waals surface area contributed by atoms with Crippen molar-refractivity contribution in [2.75, 3.05) is 13.1 Å². The fraction of sp³-hybridized carbons (Fsp3) is 0.733. The first-order chi connectivity index (χ1) is 8.76. The Labute approximate surface area is 115 Å². The van der Waals surface area contributed by atoms with Gasteiger partial charge in [-0.15, -0.1) is 11.3 Å². The summed E-state index contributed by atoms with van der Waals surface area (Å²) in [5.74, 6) is 0.707. The van der Waals surface area contributed by atoms with Crippen molar-refractivity contribution >= 4 is 11.3 Å². The van der Waals surface area contributed by atoms with Crippen molar-refractivity contribution in [1.29, 1.82) is 0 Å². The molecule has 0 radical (unpaired) electrons. The standard InChI is InChI=1S/C15H26N2S/c1-3-17(11-15-12(2)8-9-18-15)14-7-5-4-6-13(14)10-16/h8-9,13-14H,3-7,10-11,16H2,1-2H3. The van der Waals surface area contributed by atoms with E-state index in [1.807, 2.05) is 11.3 Å². The highest BCUT2D eigenvalue weighted by Crippen LogP contribution is 2.30. The fourth-order valence-electron chi connectivity index (χ4n) is 3.16. The van der Waals surface area contributed by atoms with Gasteiger partial charge in [0.2, 0.25) is 0 Å². The number of rotatable bonds is 5. The number of nitrogens with zero attached hydrogens (tertiary/aromatic N) is 1. The first-order valence-corrected chi connectivity index (χ1v) is 8.11. The van der Waals surface area contributed by atoms with Gasteiger partial charge in [0.25, 0.3) is 0 Å². The molecule has 1 aliphatic rings. The van der Waals surface area contributed by atoms with Gasteiger partial charge >= 0.3 is 0 Å². The minimum atomic E-state index is 0.704. The van der Waals surface area contributed by atoms with Crippen molar-refractivity contribution < 1.29 is 0 Å². The van der Waals surface area contributed by atoms with E-state index in [-0.39, 0.29) is 0 Å². The van der Waals surface area contributed by atoms with E-state index in [1.54, 1.807) is 0 Å². The van der Waals surface area contributed by atoms with E-state index in [9.17, 15) is 0 Å². The predicted molar refractivity (Wildman–Crippen MR) is 79.9 cm³/mol. The fourth-order valence-corrected chi connectivity index (χ4v) is 4.09. The molecule has 1 heterocycles. The van der Waals surface area contributed by atoms with Crippen molar-refractivity contribution in [2.45, 2.75) is 52.1 Å². The Kier molecular flexibility index (Phi) is 5.22. The van der Waals surface area contributed by atoms with Crippen LogP contribution in [0.2, 0.25) is 0 Å². The number of aryl methyl sites for hydroxylation is 1. The number of hydrogen-bond acceptors (Lipinski definition) is 3. The number of thiophene rings is 1. The van der Waals surface area contributed by atoms with Crippen LogP contribution in [0.4, 0.5) is 0 Å². The van der Waals surface area contributed by atoms with Gasteiger partial charge in [0, 0.05) is 17.5 Å². The Morgan fingerprint density at radius 2 is 2.17 bits per heavy atom. The van der Waals surface area contributed by atoms with E-state index in [0.29, 0.717) is 12.0 Å². The van der Waals surface area contributed by atoms with Crippen LogP contribution in [0.5, 0.6) is 0 Å². The molecule has 1 aromatic heterocycles. The number of nitrogens with two attached hydrogens (primary N) is 1. The van der Waals surface area contributed by atoms with Crippen LogP contribution in [-0.2, 0) is 6.54 Å². The van der Waals surface area contributed by atoms with Crippen LogP contribution in [0.25, 0.3) is 0 Å². The van der Waals surface area contributed by atoms with Crippen molar-refractivity contribution in [3.8, 4) is 0 Å². The zero-order chi connectivity index (χ0) is 13.0. The van der Waals surface area contributed by atoms with Crippen LogP contribution >= 0.6 is 11.3 Å². The van der Waals surface area contributed by atoms with E-state index in [1.165, 1.54) is 36.1 Å². The molecular formula is C15H26N2S. The lowest BCUT2D eigenvalue weighted by molar-refractivity contribution is 0.106. The molecule has 0 spiro atoms. The van der Waals surface area contributed by atoms with E-state index < -0.39 is 0 Å². The highest BCUT2D eigenvalue weighted by molar-refractivity contribution is 7.10. The predicted octanol–water partition coefficient (Wildman–Crippen LogP) is 3.40. The zero-order valence-corrected chi connectivity index (χ0v) is 12.5. The molecule has 2 rings (SSSR count). The topological polar surface area (TPSA) is 29.3 Å². The third kappa shape index (κ3) is 3.14. The lowest BCUT2D eigenvalue weighted by Gasteiger charge is -2.39. The van der Waals surface area contributed by atoms with Gasteiger partial charge in [-0.3, -0.25) is 4.90 Å². The maximum atomic E-state index is 5.97. The van der Waals surface area contributed by atoms with Crippen molar-refractivity contribution in [3.63, 3.8) is 0 Å². The highest BCUT2D eigenvalue weighted by atomic mass is 32.1. The Morgan fingerprint density at radius 1 is 1.39 bits per heavy atom. The van der Waals surface area contributed by atoms with Gasteiger partial charge in [0.1, 0.15) is 0 Å². The molecule has 102 valence electrons. The van der Waals surface area contributed by atoms with E-state index in [4.69, 9.17) is 5.73 Å². The second-order valence-electron chi connectivity index (χ2n) is 5.44. The van der Waals surface area contributed by atoms with Gasteiger partial charge in [0.15, 0.2) is 0 Å². The van der Waals surface area contributed by atoms with Crippen molar-refractivity contribution in [2.24, 2.45) is 11.7 Å². The Balaban J connectivity index is 2.05. The summed E-state index contributed by atoms with van der Waals surface area (Å²) in [6.07, 6.45) is 5.40. The van der Waals surface area contributed by atoms with Gasteiger partial charge in [-0.2, -0.15) is 0 Å². The van der Waals surface area contributed by atoms with Crippen LogP contribution in [0.1, 0.15) is 43.0 Å². The van der Waals surface area contributed by atoms with Gasteiger partial charge in [-0.05, 0) is 55.8 Å². The van der Waals surface area contributed by atoms with Crippen LogP contribution in [0.3, 0.4) is 0 Å². The molecule has 0 bridgehead atoms. The van der Waals surface area contributed by atoms with Crippen LogP contribution < -0.4 is 5.73 Å². The molecule has 2 N–H and O–H groups in total. The second-order valence-corrected chi connectivity index (χ2v) is 6.44. The lowest BCUT2D eigenvalue weighted by Crippen LogP contribution is -2.44. The molecule has 1 saturated carbocycles. The zero-order valence-electron chi connectivity index (χ0n) is 11.7. The monoisotopic (exact) mass is 266 g/mol. The first-order valence-electron chi connectivity index (χ1n) is 7.23. The summed E-state index contributed by atoms with van der Waals surface area (Å²) in [6, 6.07) is 2.94. The minimum absolute atomic E-state index is 0.704. The average molecular weight is 266 g/mol. The first kappa shape index (κ1) is 14.0. The quantitative estimate of drug-likeness (QED) is 0.885. The molecule has 0 aliphatic heterocycles. The molecule has 1 fully saturated rings. The Morgan fingerprint density at radius 3 is 2.78 bits per heavy atom. The minimum Gasteiger partial charge on any atom is -0.330 e. The molecule has 2 nitrogen and oxygen atoms in total. The third-order valence-electron chi connectivity index (χ3n) is 4.36. The molecule has 3 heteroatoms. The highest BCUT2D eigenvalue weighted by Gasteiger charge is 2.28.